The van der Waals surface area contributed by atoms with Gasteiger partial charge in [-0.25, -0.2) is 0 Å². The van der Waals surface area contributed by atoms with Gasteiger partial charge in [-0.2, -0.15) is 0 Å². The Morgan fingerprint density at radius 2 is 1.18 bits per heavy atom. The van der Waals surface area contributed by atoms with Crippen molar-refractivity contribution in [3.63, 3.8) is 0 Å². The van der Waals surface area contributed by atoms with E-state index in [0.717, 1.165) is 38.3 Å². The number of benzene rings is 3. The minimum absolute atomic E-state index is 0.110. The van der Waals surface area contributed by atoms with Crippen LogP contribution in [-0.4, -0.2) is 19.2 Å². The summed E-state index contributed by atoms with van der Waals surface area (Å²) in [7, 11) is 1.45. The molecule has 0 aliphatic rings. The van der Waals surface area contributed by atoms with E-state index in [1.807, 2.05) is 0 Å². The molecule has 0 amide bonds. The Kier molecular flexibility index (Phi) is 9.70. The number of hydrogen-bond donors (Lipinski definition) is 0. The van der Waals surface area contributed by atoms with Crippen LogP contribution in [0.3, 0.4) is 0 Å². The van der Waals surface area contributed by atoms with Gasteiger partial charge in [0.05, 0.1) is 0 Å². The molecular formula is C29H34IO2P. The fourth-order valence-corrected chi connectivity index (χ4v) is 12.8. The Balaban J connectivity index is 1.81. The van der Waals surface area contributed by atoms with Crippen LogP contribution in [0.4, 0.5) is 0 Å². The summed E-state index contributed by atoms with van der Waals surface area (Å²) >= 11 is 2.85. The standard InChI is InChI=1S/C29H34IO2P/c1-32-29(31)24-16-5-3-2-4-6-17-25-33(30,26-18-10-7-11-19-26,27-20-12-8-13-21-27)28-22-14-9-15-23-28/h4,6-15,18-23H,2-3,5,16-17,24-25H2,1H3/b6-4-. The van der Waals surface area contributed by atoms with Crippen LogP contribution in [0.2, 0.25) is 0 Å². The Morgan fingerprint density at radius 3 is 1.64 bits per heavy atom. The zero-order valence-electron chi connectivity index (χ0n) is 19.4. The van der Waals surface area contributed by atoms with Gasteiger partial charge in [0.25, 0.3) is 0 Å². The molecule has 0 aliphatic carbocycles. The van der Waals surface area contributed by atoms with Crippen molar-refractivity contribution in [1.82, 2.24) is 0 Å². The number of unbranched alkanes of at least 4 members (excludes halogenated alkanes) is 3. The predicted octanol–water partition coefficient (Wildman–Crippen LogP) is 6.94. The van der Waals surface area contributed by atoms with Crippen molar-refractivity contribution in [3.8, 4) is 0 Å². The van der Waals surface area contributed by atoms with Crippen LogP contribution in [-0.2, 0) is 9.53 Å². The summed E-state index contributed by atoms with van der Waals surface area (Å²) in [6.07, 6.45) is 11.4. The van der Waals surface area contributed by atoms with Crippen LogP contribution in [0, 0.1) is 0 Å². The minimum atomic E-state index is -2.67. The summed E-state index contributed by atoms with van der Waals surface area (Å²) < 4.78 is 2.04. The first-order valence-electron chi connectivity index (χ1n) is 11.7. The molecule has 33 heavy (non-hydrogen) atoms. The molecule has 0 heterocycles. The zero-order chi connectivity index (χ0) is 23.4. The van der Waals surface area contributed by atoms with E-state index in [0.29, 0.717) is 6.42 Å². The van der Waals surface area contributed by atoms with Gasteiger partial charge in [-0.1, -0.05) is 0 Å². The van der Waals surface area contributed by atoms with Crippen molar-refractivity contribution >= 4 is 48.2 Å². The second kappa shape index (κ2) is 12.5. The van der Waals surface area contributed by atoms with Crippen LogP contribution in [0.1, 0.15) is 38.5 Å². The third kappa shape index (κ3) is 6.13. The summed E-state index contributed by atoms with van der Waals surface area (Å²) in [5.74, 6) is -0.110. The Labute approximate surface area is 211 Å². The van der Waals surface area contributed by atoms with E-state index >= 15 is 0 Å². The normalized spacial score (nSPS) is 12.8. The fourth-order valence-electron chi connectivity index (χ4n) is 4.41. The summed E-state index contributed by atoms with van der Waals surface area (Å²) in [5, 5.41) is 4.29. The van der Waals surface area contributed by atoms with Gasteiger partial charge in [-0.3, -0.25) is 0 Å². The maximum atomic E-state index is 11.2. The average Bonchev–Trinajstić information content (AvgIpc) is 2.89. The maximum absolute atomic E-state index is 11.2. The summed E-state index contributed by atoms with van der Waals surface area (Å²) in [6.45, 7) is 0. The van der Waals surface area contributed by atoms with Gasteiger partial charge in [0.1, 0.15) is 0 Å². The molecule has 0 aliphatic heterocycles. The second-order valence-corrected chi connectivity index (χ2v) is 19.1. The number of methoxy groups -OCH3 is 1. The molecule has 174 valence electrons. The van der Waals surface area contributed by atoms with E-state index < -0.39 is 4.25 Å². The van der Waals surface area contributed by atoms with Gasteiger partial charge in [0.2, 0.25) is 0 Å². The number of rotatable bonds is 12. The third-order valence-corrected chi connectivity index (χ3v) is 17.9. The van der Waals surface area contributed by atoms with Gasteiger partial charge in [-0.15, -0.1) is 0 Å². The fraction of sp³-hybridized carbons (Fsp3) is 0.276. The molecule has 3 rings (SSSR count). The molecule has 0 unspecified atom stereocenters. The van der Waals surface area contributed by atoms with Gasteiger partial charge in [0, 0.05) is 0 Å². The number of ether oxygens (including phenoxy) is 1. The molecule has 0 saturated carbocycles. The second-order valence-electron chi connectivity index (χ2n) is 8.35. The van der Waals surface area contributed by atoms with Gasteiger partial charge < -0.3 is 0 Å². The van der Waals surface area contributed by atoms with Crippen LogP contribution in [0.15, 0.2) is 103 Å². The number of halogens is 1. The average molecular weight is 572 g/mol. The first-order chi connectivity index (χ1) is 16.1. The number of allylic oxidation sites excluding steroid dienone is 2. The Bertz CT molecular complexity index is 920. The molecule has 0 fully saturated rings. The number of hydrogen-bond acceptors (Lipinski definition) is 2. The molecule has 4 heteroatoms. The van der Waals surface area contributed by atoms with Crippen LogP contribution >= 0.6 is 26.3 Å². The van der Waals surface area contributed by atoms with Crippen molar-refractivity contribution in [1.29, 1.82) is 0 Å². The summed E-state index contributed by atoms with van der Waals surface area (Å²) in [5.41, 5.74) is 0. The van der Waals surface area contributed by atoms with E-state index in [4.69, 9.17) is 4.74 Å². The SMILES string of the molecule is COC(=O)CCCCC/C=C\CCP(I)(c1ccccc1)(c1ccccc1)c1ccccc1. The van der Waals surface area contributed by atoms with E-state index in [-0.39, 0.29) is 5.97 Å². The van der Waals surface area contributed by atoms with Crippen LogP contribution in [0.5, 0.6) is 0 Å². The van der Waals surface area contributed by atoms with Crippen molar-refractivity contribution in [2.45, 2.75) is 38.5 Å². The molecule has 2 nitrogen and oxygen atoms in total. The summed E-state index contributed by atoms with van der Waals surface area (Å²) in [6, 6.07) is 33.2. The van der Waals surface area contributed by atoms with E-state index in [1.165, 1.54) is 23.0 Å². The van der Waals surface area contributed by atoms with E-state index in [1.54, 1.807) is 0 Å². The Hall–Kier alpha value is -1.97. The number of carbonyl (C=O) groups excluding carboxylic acids is 1. The molecule has 0 saturated heterocycles. The van der Waals surface area contributed by atoms with Crippen LogP contribution in [0.25, 0.3) is 0 Å². The van der Waals surface area contributed by atoms with Gasteiger partial charge in [-0.05, 0) is 0 Å². The molecule has 0 spiro atoms. The van der Waals surface area contributed by atoms with Crippen LogP contribution < -0.4 is 15.9 Å². The first-order valence-corrected chi connectivity index (χ1v) is 16.9. The Morgan fingerprint density at radius 1 is 0.727 bits per heavy atom. The van der Waals surface area contributed by atoms with E-state index in [9.17, 15) is 4.79 Å². The topological polar surface area (TPSA) is 26.3 Å². The number of esters is 1. The van der Waals surface area contributed by atoms with Gasteiger partial charge in [0.15, 0.2) is 0 Å². The molecular weight excluding hydrogens is 538 g/mol. The third-order valence-electron chi connectivity index (χ3n) is 6.25. The molecule has 0 atom stereocenters. The monoisotopic (exact) mass is 572 g/mol. The summed E-state index contributed by atoms with van der Waals surface area (Å²) in [4.78, 5) is 11.2. The molecule has 0 radical (unpaired) electrons. The molecule has 3 aromatic carbocycles. The van der Waals surface area contributed by atoms with Crippen molar-refractivity contribution in [3.05, 3.63) is 103 Å². The molecule has 0 N–H and O–H groups in total. The molecule has 3 aromatic rings. The van der Waals surface area contributed by atoms with Gasteiger partial charge >= 0.3 is 213 Å². The zero-order valence-corrected chi connectivity index (χ0v) is 22.5. The van der Waals surface area contributed by atoms with Crippen molar-refractivity contribution in [2.24, 2.45) is 0 Å². The van der Waals surface area contributed by atoms with Crippen molar-refractivity contribution in [2.75, 3.05) is 13.3 Å². The molecule has 0 bridgehead atoms. The van der Waals surface area contributed by atoms with Crippen molar-refractivity contribution < 1.29 is 9.53 Å². The number of carbonyl (C=O) groups is 1. The quantitative estimate of drug-likeness (QED) is 0.0774. The first kappa shape index (κ1) is 25.6. The van der Waals surface area contributed by atoms with E-state index in [2.05, 4.69) is 125 Å². The predicted molar refractivity (Wildman–Crippen MR) is 153 cm³/mol. The molecule has 0 aromatic heterocycles.